The highest BCUT2D eigenvalue weighted by molar-refractivity contribution is 6.30. The Labute approximate surface area is 136 Å². The summed E-state index contributed by atoms with van der Waals surface area (Å²) >= 11 is 5.98. The van der Waals surface area contributed by atoms with Crippen molar-refractivity contribution in [2.45, 2.75) is 38.3 Å². The van der Waals surface area contributed by atoms with Crippen LogP contribution in [-0.4, -0.2) is 38.2 Å². The number of carbonyl (C=O) groups is 1. The van der Waals surface area contributed by atoms with E-state index in [2.05, 4.69) is 22.9 Å². The maximum atomic E-state index is 12.0. The van der Waals surface area contributed by atoms with Gasteiger partial charge in [-0.15, -0.1) is 0 Å². The zero-order valence-corrected chi connectivity index (χ0v) is 13.9. The summed E-state index contributed by atoms with van der Waals surface area (Å²) in [6.45, 7) is 3.65. The predicted octanol–water partition coefficient (Wildman–Crippen LogP) is 2.41. The molecule has 1 amide bonds. The molecule has 5 nitrogen and oxygen atoms in total. The molecule has 0 aliphatic carbocycles. The van der Waals surface area contributed by atoms with Crippen molar-refractivity contribution in [1.82, 2.24) is 10.6 Å². The van der Waals surface area contributed by atoms with Crippen molar-refractivity contribution in [3.05, 3.63) is 23.2 Å². The van der Waals surface area contributed by atoms with Crippen molar-refractivity contribution < 1.29 is 9.53 Å². The van der Waals surface area contributed by atoms with Crippen molar-refractivity contribution in [2.24, 2.45) is 0 Å². The summed E-state index contributed by atoms with van der Waals surface area (Å²) in [5.74, 6) is 0.796. The van der Waals surface area contributed by atoms with Gasteiger partial charge in [0.05, 0.1) is 12.8 Å². The topological polar surface area (TPSA) is 62.4 Å². The average molecular weight is 326 g/mol. The van der Waals surface area contributed by atoms with Gasteiger partial charge in [-0.1, -0.05) is 11.6 Å². The first-order chi connectivity index (χ1) is 10.6. The van der Waals surface area contributed by atoms with Gasteiger partial charge in [-0.2, -0.15) is 0 Å². The Morgan fingerprint density at radius 1 is 1.50 bits per heavy atom. The molecule has 1 aromatic rings. The molecule has 0 bridgehead atoms. The number of methoxy groups -OCH3 is 1. The minimum absolute atomic E-state index is 0.0765. The number of benzene rings is 1. The number of carbonyl (C=O) groups excluding carboxylic acids is 1. The number of hydrogen-bond acceptors (Lipinski definition) is 4. The molecule has 0 spiro atoms. The molecular weight excluding hydrogens is 302 g/mol. The quantitative estimate of drug-likeness (QED) is 0.751. The van der Waals surface area contributed by atoms with Gasteiger partial charge in [0, 0.05) is 30.1 Å². The first-order valence-electron chi connectivity index (χ1n) is 7.68. The summed E-state index contributed by atoms with van der Waals surface area (Å²) < 4.78 is 5.26. The summed E-state index contributed by atoms with van der Waals surface area (Å²) in [6.07, 6.45) is 2.40. The lowest BCUT2D eigenvalue weighted by Crippen LogP contribution is -2.46. The number of ether oxygens (including phenoxy) is 1. The third-order valence-electron chi connectivity index (χ3n) is 3.82. The number of hydrogen-bond donors (Lipinski definition) is 3. The summed E-state index contributed by atoms with van der Waals surface area (Å²) in [5, 5.41) is 10.3. The largest absolute Gasteiger partial charge is 0.495 e. The van der Waals surface area contributed by atoms with E-state index in [-0.39, 0.29) is 11.9 Å². The zero-order chi connectivity index (χ0) is 15.9. The lowest BCUT2D eigenvalue weighted by molar-refractivity contribution is -0.121. The van der Waals surface area contributed by atoms with Crippen LogP contribution in [0.1, 0.15) is 26.2 Å². The molecule has 1 fully saturated rings. The average Bonchev–Trinajstić information content (AvgIpc) is 2.47. The van der Waals surface area contributed by atoms with E-state index in [0.717, 1.165) is 30.8 Å². The van der Waals surface area contributed by atoms with Gasteiger partial charge in [-0.3, -0.25) is 4.79 Å². The molecule has 0 saturated carbocycles. The van der Waals surface area contributed by atoms with Crippen molar-refractivity contribution in [3.8, 4) is 5.75 Å². The third kappa shape index (κ3) is 5.07. The molecule has 1 aliphatic heterocycles. The number of amides is 1. The van der Waals surface area contributed by atoms with Crippen LogP contribution in [0.5, 0.6) is 5.75 Å². The first-order valence-corrected chi connectivity index (χ1v) is 8.06. The van der Waals surface area contributed by atoms with Crippen LogP contribution in [0.4, 0.5) is 5.69 Å². The van der Waals surface area contributed by atoms with E-state index in [9.17, 15) is 4.79 Å². The molecule has 2 unspecified atom stereocenters. The fourth-order valence-corrected chi connectivity index (χ4v) is 2.86. The Hall–Kier alpha value is -1.46. The molecule has 0 radical (unpaired) electrons. The second-order valence-electron chi connectivity index (χ2n) is 5.67. The lowest BCUT2D eigenvalue weighted by atomic mass is 10.0. The van der Waals surface area contributed by atoms with Crippen molar-refractivity contribution >= 4 is 23.2 Å². The van der Waals surface area contributed by atoms with Gasteiger partial charge in [0.15, 0.2) is 0 Å². The van der Waals surface area contributed by atoms with Crippen LogP contribution in [-0.2, 0) is 4.79 Å². The Morgan fingerprint density at radius 2 is 2.32 bits per heavy atom. The van der Waals surface area contributed by atoms with Gasteiger partial charge in [0.2, 0.25) is 5.91 Å². The van der Waals surface area contributed by atoms with E-state index in [1.807, 2.05) is 0 Å². The van der Waals surface area contributed by atoms with Crippen LogP contribution in [0.3, 0.4) is 0 Å². The molecule has 6 heteroatoms. The molecule has 22 heavy (non-hydrogen) atoms. The van der Waals surface area contributed by atoms with Gasteiger partial charge in [0.1, 0.15) is 5.75 Å². The molecule has 0 aromatic heterocycles. The molecule has 1 heterocycles. The molecule has 1 aliphatic rings. The van der Waals surface area contributed by atoms with Crippen LogP contribution in [0.2, 0.25) is 5.02 Å². The van der Waals surface area contributed by atoms with Crippen LogP contribution < -0.4 is 20.7 Å². The SMILES string of the molecule is COc1ccc(Cl)cc1NCCC(=O)NC1CCNC(C)C1. The number of nitrogens with one attached hydrogen (secondary N) is 3. The third-order valence-corrected chi connectivity index (χ3v) is 4.05. The van der Waals surface area contributed by atoms with Gasteiger partial charge in [-0.25, -0.2) is 0 Å². The van der Waals surface area contributed by atoms with E-state index in [4.69, 9.17) is 16.3 Å². The maximum absolute atomic E-state index is 12.0. The molecule has 2 atom stereocenters. The molecule has 122 valence electrons. The van der Waals surface area contributed by atoms with E-state index < -0.39 is 0 Å². The highest BCUT2D eigenvalue weighted by Crippen LogP contribution is 2.27. The zero-order valence-electron chi connectivity index (χ0n) is 13.1. The highest BCUT2D eigenvalue weighted by Gasteiger charge is 2.19. The minimum Gasteiger partial charge on any atom is -0.495 e. The number of anilines is 1. The van der Waals surface area contributed by atoms with E-state index in [1.165, 1.54) is 0 Å². The molecule has 1 saturated heterocycles. The summed E-state index contributed by atoms with van der Waals surface area (Å²) in [6, 6.07) is 6.13. The highest BCUT2D eigenvalue weighted by atomic mass is 35.5. The van der Waals surface area contributed by atoms with Gasteiger partial charge < -0.3 is 20.7 Å². The minimum atomic E-state index is 0.0765. The lowest BCUT2D eigenvalue weighted by Gasteiger charge is -2.28. The molecule has 3 N–H and O–H groups in total. The van der Waals surface area contributed by atoms with E-state index in [1.54, 1.807) is 25.3 Å². The molecular formula is C16H24ClN3O2. The van der Waals surface area contributed by atoms with E-state index >= 15 is 0 Å². The van der Waals surface area contributed by atoms with Gasteiger partial charge in [-0.05, 0) is 44.5 Å². The number of halogens is 1. The Kier molecular flexibility index (Phi) is 6.34. The predicted molar refractivity (Wildman–Crippen MR) is 89.7 cm³/mol. The summed E-state index contributed by atoms with van der Waals surface area (Å²) in [7, 11) is 1.61. The van der Waals surface area contributed by atoms with E-state index in [0.29, 0.717) is 24.0 Å². The van der Waals surface area contributed by atoms with Crippen LogP contribution >= 0.6 is 11.6 Å². The molecule has 2 rings (SSSR count). The van der Waals surface area contributed by atoms with Crippen molar-refractivity contribution in [1.29, 1.82) is 0 Å². The smallest absolute Gasteiger partial charge is 0.221 e. The number of piperidine rings is 1. The van der Waals surface area contributed by atoms with Crippen LogP contribution in [0, 0.1) is 0 Å². The van der Waals surface area contributed by atoms with Crippen molar-refractivity contribution in [2.75, 3.05) is 25.5 Å². The fourth-order valence-electron chi connectivity index (χ4n) is 2.69. The normalized spacial score (nSPS) is 21.2. The standard InChI is InChI=1S/C16H24ClN3O2/c1-11-9-13(5-7-18-11)20-16(21)6-8-19-14-10-12(17)3-4-15(14)22-2/h3-4,10-11,13,18-19H,5-9H2,1-2H3,(H,20,21). The Bertz CT molecular complexity index is 510. The summed E-state index contributed by atoms with van der Waals surface area (Å²) in [5.41, 5.74) is 0.804. The number of rotatable bonds is 6. The van der Waals surface area contributed by atoms with Gasteiger partial charge in [0.25, 0.3) is 0 Å². The second kappa shape index (κ2) is 8.25. The second-order valence-corrected chi connectivity index (χ2v) is 6.10. The van der Waals surface area contributed by atoms with Crippen molar-refractivity contribution in [3.63, 3.8) is 0 Å². The maximum Gasteiger partial charge on any atom is 0.221 e. The fraction of sp³-hybridized carbons (Fsp3) is 0.562. The Balaban J connectivity index is 1.76. The van der Waals surface area contributed by atoms with Gasteiger partial charge >= 0.3 is 0 Å². The Morgan fingerprint density at radius 3 is 3.05 bits per heavy atom. The first kappa shape index (κ1) is 16.9. The van der Waals surface area contributed by atoms with Crippen LogP contribution in [0.15, 0.2) is 18.2 Å². The molecule has 1 aromatic carbocycles. The monoisotopic (exact) mass is 325 g/mol. The van der Waals surface area contributed by atoms with Crippen LogP contribution in [0.25, 0.3) is 0 Å². The summed E-state index contributed by atoms with van der Waals surface area (Å²) in [4.78, 5) is 12.0.